The lowest BCUT2D eigenvalue weighted by Crippen LogP contribution is -2.22. The molecule has 0 aliphatic carbocycles. The van der Waals surface area contributed by atoms with E-state index in [2.05, 4.69) is 40.5 Å². The van der Waals surface area contributed by atoms with Gasteiger partial charge >= 0.3 is 0 Å². The van der Waals surface area contributed by atoms with Gasteiger partial charge in [0.15, 0.2) is 0 Å². The third kappa shape index (κ3) is 3.96. The Balaban J connectivity index is 1.41. The maximum absolute atomic E-state index is 12.5. The van der Waals surface area contributed by atoms with Gasteiger partial charge in [-0.1, -0.05) is 42.5 Å². The number of carbonyl (C=O) groups is 1. The van der Waals surface area contributed by atoms with Crippen LogP contribution in [0.3, 0.4) is 0 Å². The van der Waals surface area contributed by atoms with Gasteiger partial charge in [-0.3, -0.25) is 4.79 Å². The van der Waals surface area contributed by atoms with Crippen molar-refractivity contribution >= 4 is 28.1 Å². The molecule has 4 rings (SSSR count). The Morgan fingerprint density at radius 2 is 1.85 bits per heavy atom. The van der Waals surface area contributed by atoms with E-state index < -0.39 is 0 Å². The van der Waals surface area contributed by atoms with Crippen LogP contribution in [0.15, 0.2) is 66.7 Å². The third-order valence-electron chi connectivity index (χ3n) is 5.23. The Kier molecular flexibility index (Phi) is 5.07. The van der Waals surface area contributed by atoms with Gasteiger partial charge in [-0.25, -0.2) is 0 Å². The summed E-state index contributed by atoms with van der Waals surface area (Å²) in [6.07, 6.45) is 1.73. The predicted molar refractivity (Wildman–Crippen MR) is 110 cm³/mol. The molecule has 1 atom stereocenters. The lowest BCUT2D eigenvalue weighted by Gasteiger charge is -2.18. The van der Waals surface area contributed by atoms with Crippen LogP contribution in [-0.4, -0.2) is 32.2 Å². The van der Waals surface area contributed by atoms with Gasteiger partial charge in [-0.15, -0.1) is 0 Å². The Hall–Kier alpha value is -2.85. The summed E-state index contributed by atoms with van der Waals surface area (Å²) in [5.41, 5.74) is 3.04. The first-order valence-corrected chi connectivity index (χ1v) is 9.37. The van der Waals surface area contributed by atoms with Crippen LogP contribution in [-0.2, 0) is 16.0 Å². The van der Waals surface area contributed by atoms with E-state index in [0.29, 0.717) is 12.5 Å². The highest BCUT2D eigenvalue weighted by Crippen LogP contribution is 2.24. The van der Waals surface area contributed by atoms with E-state index in [0.717, 1.165) is 41.5 Å². The molecule has 1 aliphatic rings. The van der Waals surface area contributed by atoms with Crippen LogP contribution in [0, 0.1) is 0 Å². The number of amides is 1. The van der Waals surface area contributed by atoms with Crippen molar-refractivity contribution in [2.75, 3.05) is 30.4 Å². The zero-order valence-corrected chi connectivity index (χ0v) is 15.5. The molecule has 0 radical (unpaired) electrons. The van der Waals surface area contributed by atoms with Gasteiger partial charge in [-0.05, 0) is 47.0 Å². The van der Waals surface area contributed by atoms with E-state index in [-0.39, 0.29) is 5.91 Å². The number of nitrogens with one attached hydrogen (secondary N) is 1. The first-order valence-electron chi connectivity index (χ1n) is 9.37. The molecule has 0 aromatic heterocycles. The van der Waals surface area contributed by atoms with Crippen LogP contribution in [0.2, 0.25) is 0 Å². The van der Waals surface area contributed by atoms with Crippen molar-refractivity contribution < 1.29 is 9.53 Å². The van der Waals surface area contributed by atoms with Crippen molar-refractivity contribution in [3.8, 4) is 0 Å². The molecule has 27 heavy (non-hydrogen) atoms. The van der Waals surface area contributed by atoms with Crippen molar-refractivity contribution in [3.63, 3.8) is 0 Å². The summed E-state index contributed by atoms with van der Waals surface area (Å²) in [5, 5.41) is 5.30. The highest BCUT2D eigenvalue weighted by molar-refractivity contribution is 5.96. The number of ether oxygens (including phenoxy) is 1. The smallest absolute Gasteiger partial charge is 0.228 e. The molecule has 138 valence electrons. The number of anilines is 2. The van der Waals surface area contributed by atoms with E-state index >= 15 is 0 Å². The molecule has 0 spiro atoms. The number of fused-ring (bicyclic) bond motifs is 1. The summed E-state index contributed by atoms with van der Waals surface area (Å²) in [4.78, 5) is 14.8. The van der Waals surface area contributed by atoms with Crippen molar-refractivity contribution in [3.05, 3.63) is 72.3 Å². The molecule has 3 aromatic carbocycles. The van der Waals surface area contributed by atoms with Gasteiger partial charge in [0.1, 0.15) is 0 Å². The molecule has 1 N–H and O–H groups in total. The van der Waals surface area contributed by atoms with E-state index in [4.69, 9.17) is 4.74 Å². The van der Waals surface area contributed by atoms with Crippen LogP contribution >= 0.6 is 0 Å². The number of methoxy groups -OCH3 is 1. The average molecular weight is 360 g/mol. The number of hydrogen-bond acceptors (Lipinski definition) is 3. The van der Waals surface area contributed by atoms with Crippen LogP contribution in [0.25, 0.3) is 10.8 Å². The van der Waals surface area contributed by atoms with Gasteiger partial charge in [0.05, 0.1) is 12.5 Å². The molecule has 4 nitrogen and oxygen atoms in total. The standard InChI is InChI=1S/C23H24N2O2/c1-27-21-13-14-25(16-21)20-11-9-19(10-12-20)24-23(26)15-18-7-4-6-17-5-2-3-8-22(17)18/h2-12,21H,13-16H2,1H3,(H,24,26)/t21-/m1/s1. The molecule has 1 aliphatic heterocycles. The van der Waals surface area contributed by atoms with Gasteiger partial charge < -0.3 is 15.0 Å². The first kappa shape index (κ1) is 17.6. The van der Waals surface area contributed by atoms with Crippen LogP contribution in [0.4, 0.5) is 11.4 Å². The fourth-order valence-electron chi connectivity index (χ4n) is 3.74. The Morgan fingerprint density at radius 1 is 1.07 bits per heavy atom. The van der Waals surface area contributed by atoms with Crippen LogP contribution in [0.1, 0.15) is 12.0 Å². The van der Waals surface area contributed by atoms with Crippen molar-refractivity contribution in [1.29, 1.82) is 0 Å². The third-order valence-corrected chi connectivity index (χ3v) is 5.23. The number of hydrogen-bond donors (Lipinski definition) is 1. The van der Waals surface area contributed by atoms with Crippen molar-refractivity contribution in [1.82, 2.24) is 0 Å². The van der Waals surface area contributed by atoms with E-state index in [1.54, 1.807) is 7.11 Å². The summed E-state index contributed by atoms with van der Waals surface area (Å²) in [7, 11) is 1.77. The molecule has 1 heterocycles. The molecular weight excluding hydrogens is 336 g/mol. The maximum Gasteiger partial charge on any atom is 0.228 e. The second kappa shape index (κ2) is 7.80. The molecule has 0 bridgehead atoms. The molecular formula is C23H24N2O2. The van der Waals surface area contributed by atoms with Gasteiger partial charge in [-0.2, -0.15) is 0 Å². The summed E-state index contributed by atoms with van der Waals surface area (Å²) in [6, 6.07) is 22.3. The summed E-state index contributed by atoms with van der Waals surface area (Å²) < 4.78 is 5.43. The van der Waals surface area contributed by atoms with Gasteiger partial charge in [0, 0.05) is 31.6 Å². The quantitative estimate of drug-likeness (QED) is 0.740. The lowest BCUT2D eigenvalue weighted by molar-refractivity contribution is -0.115. The van der Waals surface area contributed by atoms with Crippen LogP contribution in [0.5, 0.6) is 0 Å². The van der Waals surface area contributed by atoms with E-state index in [9.17, 15) is 4.79 Å². The highest BCUT2D eigenvalue weighted by Gasteiger charge is 2.22. The van der Waals surface area contributed by atoms with Gasteiger partial charge in [0.25, 0.3) is 0 Å². The number of carbonyl (C=O) groups excluding carboxylic acids is 1. The summed E-state index contributed by atoms with van der Waals surface area (Å²) in [5.74, 6) is -0.000257. The molecule has 4 heteroatoms. The summed E-state index contributed by atoms with van der Waals surface area (Å²) >= 11 is 0. The number of benzene rings is 3. The molecule has 3 aromatic rings. The zero-order chi connectivity index (χ0) is 18.6. The molecule has 1 saturated heterocycles. The number of rotatable bonds is 5. The minimum atomic E-state index is -0.000257. The van der Waals surface area contributed by atoms with Gasteiger partial charge in [0.2, 0.25) is 5.91 Å². The van der Waals surface area contributed by atoms with Crippen LogP contribution < -0.4 is 10.2 Å². The average Bonchev–Trinajstić information content (AvgIpc) is 3.18. The minimum absolute atomic E-state index is 0.000257. The normalized spacial score (nSPS) is 16.6. The Labute approximate surface area is 159 Å². The molecule has 0 saturated carbocycles. The number of nitrogens with zero attached hydrogens (tertiary/aromatic N) is 1. The van der Waals surface area contributed by atoms with Crippen molar-refractivity contribution in [2.45, 2.75) is 18.9 Å². The SMILES string of the molecule is CO[C@@H]1CCN(c2ccc(NC(=O)Cc3cccc4ccccc34)cc2)C1. The largest absolute Gasteiger partial charge is 0.380 e. The Morgan fingerprint density at radius 3 is 2.63 bits per heavy atom. The lowest BCUT2D eigenvalue weighted by atomic mass is 10.0. The Bertz CT molecular complexity index is 931. The first-order chi connectivity index (χ1) is 13.2. The fourth-order valence-corrected chi connectivity index (χ4v) is 3.74. The predicted octanol–water partition coefficient (Wildman–Crippen LogP) is 4.25. The summed E-state index contributed by atoms with van der Waals surface area (Å²) in [6.45, 7) is 1.93. The molecule has 1 fully saturated rings. The minimum Gasteiger partial charge on any atom is -0.380 e. The zero-order valence-electron chi connectivity index (χ0n) is 15.5. The molecule has 0 unspecified atom stereocenters. The van der Waals surface area contributed by atoms with E-state index in [1.165, 1.54) is 5.69 Å². The maximum atomic E-state index is 12.5. The molecule has 1 amide bonds. The monoisotopic (exact) mass is 360 g/mol. The second-order valence-electron chi connectivity index (χ2n) is 7.00. The fraction of sp³-hybridized carbons (Fsp3) is 0.261. The second-order valence-corrected chi connectivity index (χ2v) is 7.00. The highest BCUT2D eigenvalue weighted by atomic mass is 16.5. The van der Waals surface area contributed by atoms with E-state index in [1.807, 2.05) is 36.4 Å². The van der Waals surface area contributed by atoms with Crippen molar-refractivity contribution in [2.24, 2.45) is 0 Å². The topological polar surface area (TPSA) is 41.6 Å².